The van der Waals surface area contributed by atoms with Crippen LogP contribution in [0.25, 0.3) is 16.3 Å². The number of rotatable bonds is 5. The third kappa shape index (κ3) is 3.61. The summed E-state index contributed by atoms with van der Waals surface area (Å²) in [5, 5.41) is 18.6. The van der Waals surface area contributed by atoms with E-state index in [0.717, 1.165) is 21.2 Å². The summed E-state index contributed by atoms with van der Waals surface area (Å²) < 4.78 is 1.71. The second-order valence-corrected chi connectivity index (χ2v) is 7.59. The van der Waals surface area contributed by atoms with Crippen molar-refractivity contribution in [1.82, 2.24) is 19.8 Å². The van der Waals surface area contributed by atoms with Crippen LogP contribution in [0.15, 0.2) is 58.9 Å². The zero-order valence-corrected chi connectivity index (χ0v) is 15.5. The van der Waals surface area contributed by atoms with Crippen molar-refractivity contribution in [3.05, 3.63) is 59.5 Å². The van der Waals surface area contributed by atoms with Gasteiger partial charge in [0, 0.05) is 5.69 Å². The maximum atomic E-state index is 12.2. The van der Waals surface area contributed by atoms with Crippen LogP contribution in [0.3, 0.4) is 0 Å². The van der Waals surface area contributed by atoms with Gasteiger partial charge in [-0.05, 0) is 48.2 Å². The third-order valence-corrected chi connectivity index (χ3v) is 5.42. The number of thioether (sulfide) groups is 1. The minimum Gasteiger partial charge on any atom is -0.325 e. The lowest BCUT2D eigenvalue weighted by molar-refractivity contribution is -0.113. The Morgan fingerprint density at radius 1 is 1.19 bits per heavy atom. The van der Waals surface area contributed by atoms with Gasteiger partial charge in [-0.2, -0.15) is 9.61 Å². The summed E-state index contributed by atoms with van der Waals surface area (Å²) in [7, 11) is 0. The van der Waals surface area contributed by atoms with Crippen molar-refractivity contribution in [2.75, 3.05) is 11.1 Å². The first-order valence-electron chi connectivity index (χ1n) is 7.95. The number of carbonyl (C=O) groups excluding carboxylic acids is 1. The van der Waals surface area contributed by atoms with Gasteiger partial charge in [-0.3, -0.25) is 4.79 Å². The monoisotopic (exact) mass is 381 g/mol. The molecule has 1 amide bonds. The molecule has 3 aromatic heterocycles. The first-order valence-corrected chi connectivity index (χ1v) is 9.81. The molecular formula is C18H15N5OS2. The second kappa shape index (κ2) is 7.27. The van der Waals surface area contributed by atoms with E-state index < -0.39 is 0 Å². The van der Waals surface area contributed by atoms with E-state index in [-0.39, 0.29) is 11.7 Å². The van der Waals surface area contributed by atoms with Crippen LogP contribution in [0.4, 0.5) is 5.69 Å². The Hall–Kier alpha value is -2.71. The van der Waals surface area contributed by atoms with E-state index in [1.165, 1.54) is 11.8 Å². The Balaban J connectivity index is 1.47. The molecule has 1 aromatic carbocycles. The Morgan fingerprint density at radius 2 is 2.12 bits per heavy atom. The quantitative estimate of drug-likeness (QED) is 0.531. The summed E-state index contributed by atoms with van der Waals surface area (Å²) in [4.78, 5) is 13.2. The van der Waals surface area contributed by atoms with Crippen LogP contribution >= 0.6 is 23.1 Å². The van der Waals surface area contributed by atoms with Gasteiger partial charge < -0.3 is 5.32 Å². The van der Waals surface area contributed by atoms with Crippen LogP contribution in [-0.4, -0.2) is 31.5 Å². The third-order valence-electron chi connectivity index (χ3n) is 3.63. The number of aromatic nitrogens is 4. The maximum Gasteiger partial charge on any atom is 0.234 e. The van der Waals surface area contributed by atoms with Crippen molar-refractivity contribution >= 4 is 40.3 Å². The van der Waals surface area contributed by atoms with Crippen molar-refractivity contribution in [3.63, 3.8) is 0 Å². The standard InChI is InChI=1S/C18H15N5OS2/c1-12-4-2-5-13(10-12)19-16(24)11-26-17-8-7-15-20-21-18(23(15)22-17)14-6-3-9-25-14/h2-10H,11H2,1H3,(H,19,24). The average Bonchev–Trinajstić information content (AvgIpc) is 3.29. The van der Waals surface area contributed by atoms with Gasteiger partial charge in [0.15, 0.2) is 11.5 Å². The Labute approximate surface area is 158 Å². The van der Waals surface area contributed by atoms with Crippen molar-refractivity contribution in [1.29, 1.82) is 0 Å². The minimum absolute atomic E-state index is 0.0651. The zero-order chi connectivity index (χ0) is 17.9. The fraction of sp³-hybridized carbons (Fsp3) is 0.111. The Bertz CT molecular complexity index is 1060. The van der Waals surface area contributed by atoms with Crippen LogP contribution < -0.4 is 5.32 Å². The molecule has 0 bridgehead atoms. The molecule has 0 spiro atoms. The lowest BCUT2D eigenvalue weighted by atomic mass is 10.2. The van der Waals surface area contributed by atoms with Crippen LogP contribution in [0, 0.1) is 6.92 Å². The summed E-state index contributed by atoms with van der Waals surface area (Å²) in [6.07, 6.45) is 0. The molecule has 0 aliphatic heterocycles. The van der Waals surface area contributed by atoms with Crippen LogP contribution in [0.1, 0.15) is 5.56 Å². The van der Waals surface area contributed by atoms with Crippen LogP contribution in [0.5, 0.6) is 0 Å². The number of anilines is 1. The molecule has 4 rings (SSSR count). The molecule has 26 heavy (non-hydrogen) atoms. The smallest absolute Gasteiger partial charge is 0.234 e. The number of amides is 1. The zero-order valence-electron chi connectivity index (χ0n) is 13.9. The van der Waals surface area contributed by atoms with E-state index in [1.54, 1.807) is 15.9 Å². The van der Waals surface area contributed by atoms with Crippen molar-refractivity contribution in [2.45, 2.75) is 11.9 Å². The number of nitrogens with one attached hydrogen (secondary N) is 1. The molecule has 130 valence electrons. The highest BCUT2D eigenvalue weighted by molar-refractivity contribution is 7.99. The van der Waals surface area contributed by atoms with Crippen LogP contribution in [-0.2, 0) is 4.79 Å². The molecule has 0 atom stereocenters. The first kappa shape index (κ1) is 16.7. The van der Waals surface area contributed by atoms with Gasteiger partial charge in [-0.15, -0.1) is 21.5 Å². The van der Waals surface area contributed by atoms with E-state index in [2.05, 4.69) is 20.6 Å². The summed E-state index contributed by atoms with van der Waals surface area (Å²) in [5.74, 6) is 0.925. The number of hydrogen-bond acceptors (Lipinski definition) is 6. The predicted molar refractivity (Wildman–Crippen MR) is 105 cm³/mol. The van der Waals surface area contributed by atoms with Gasteiger partial charge in [0.2, 0.25) is 5.91 Å². The molecule has 1 N–H and O–H groups in total. The molecule has 0 aliphatic rings. The predicted octanol–water partition coefficient (Wildman–Crippen LogP) is 3.89. The lowest BCUT2D eigenvalue weighted by Gasteiger charge is -2.06. The van der Waals surface area contributed by atoms with Crippen LogP contribution in [0.2, 0.25) is 0 Å². The molecule has 0 unspecified atom stereocenters. The van der Waals surface area contributed by atoms with Crippen molar-refractivity contribution in [3.8, 4) is 10.7 Å². The van der Waals surface area contributed by atoms with Gasteiger partial charge in [0.25, 0.3) is 0 Å². The fourth-order valence-corrected chi connectivity index (χ4v) is 3.82. The van der Waals surface area contributed by atoms with Gasteiger partial charge in [-0.25, -0.2) is 0 Å². The number of carbonyl (C=O) groups is 1. The fourth-order valence-electron chi connectivity index (χ4n) is 2.47. The van der Waals surface area contributed by atoms with Gasteiger partial charge in [0.1, 0.15) is 5.03 Å². The molecule has 8 heteroatoms. The van der Waals surface area contributed by atoms with E-state index >= 15 is 0 Å². The van der Waals surface area contributed by atoms with Crippen molar-refractivity contribution in [2.24, 2.45) is 0 Å². The molecule has 0 fully saturated rings. The summed E-state index contributed by atoms with van der Waals surface area (Å²) in [6, 6.07) is 15.4. The highest BCUT2D eigenvalue weighted by Crippen LogP contribution is 2.24. The summed E-state index contributed by atoms with van der Waals surface area (Å²) >= 11 is 2.97. The van der Waals surface area contributed by atoms with Crippen molar-refractivity contribution < 1.29 is 4.79 Å². The number of hydrogen-bond donors (Lipinski definition) is 1. The molecule has 6 nitrogen and oxygen atoms in total. The summed E-state index contributed by atoms with van der Waals surface area (Å²) in [5.41, 5.74) is 2.59. The topological polar surface area (TPSA) is 72.2 Å². The Kier molecular flexibility index (Phi) is 4.68. The molecule has 4 aromatic rings. The Morgan fingerprint density at radius 3 is 2.92 bits per heavy atom. The second-order valence-electron chi connectivity index (χ2n) is 5.65. The normalized spacial score (nSPS) is 11.0. The maximum absolute atomic E-state index is 12.2. The van der Waals surface area contributed by atoms with E-state index in [1.807, 2.05) is 60.8 Å². The molecule has 3 heterocycles. The number of benzene rings is 1. The summed E-state index contributed by atoms with van der Waals surface area (Å²) in [6.45, 7) is 1.99. The number of fused-ring (bicyclic) bond motifs is 1. The van der Waals surface area contributed by atoms with Gasteiger partial charge >= 0.3 is 0 Å². The lowest BCUT2D eigenvalue weighted by Crippen LogP contribution is -2.14. The molecular weight excluding hydrogens is 366 g/mol. The number of thiophene rings is 1. The highest BCUT2D eigenvalue weighted by Gasteiger charge is 2.12. The number of aryl methyl sites for hydroxylation is 1. The molecule has 0 saturated heterocycles. The molecule has 0 radical (unpaired) electrons. The SMILES string of the molecule is Cc1cccc(NC(=O)CSc2ccc3nnc(-c4cccs4)n3n2)c1. The van der Waals surface area contributed by atoms with Gasteiger partial charge in [-0.1, -0.05) is 30.0 Å². The highest BCUT2D eigenvalue weighted by atomic mass is 32.2. The average molecular weight is 381 g/mol. The largest absolute Gasteiger partial charge is 0.325 e. The van der Waals surface area contributed by atoms with E-state index in [9.17, 15) is 4.79 Å². The van der Waals surface area contributed by atoms with E-state index in [4.69, 9.17) is 0 Å². The molecule has 0 aliphatic carbocycles. The molecule has 0 saturated carbocycles. The first-order chi connectivity index (χ1) is 12.7. The minimum atomic E-state index is -0.0651. The van der Waals surface area contributed by atoms with Gasteiger partial charge in [0.05, 0.1) is 10.6 Å². The number of nitrogens with zero attached hydrogens (tertiary/aromatic N) is 4. The van der Waals surface area contributed by atoms with E-state index in [0.29, 0.717) is 11.5 Å².